The maximum Gasteiger partial charge on any atom is 0.161 e. The summed E-state index contributed by atoms with van der Waals surface area (Å²) in [4.78, 5) is 4.69. The lowest BCUT2D eigenvalue weighted by Crippen LogP contribution is -2.21. The summed E-state index contributed by atoms with van der Waals surface area (Å²) < 4.78 is 12.6. The molecule has 6 nitrogen and oxygen atoms in total. The number of aromatic nitrogens is 2. The van der Waals surface area contributed by atoms with Crippen molar-refractivity contribution in [1.29, 1.82) is 0 Å². The van der Waals surface area contributed by atoms with Crippen molar-refractivity contribution in [2.75, 3.05) is 20.8 Å². The van der Waals surface area contributed by atoms with E-state index in [1.54, 1.807) is 14.2 Å². The van der Waals surface area contributed by atoms with Crippen LogP contribution in [0.5, 0.6) is 11.5 Å². The molecular weight excluding hydrogens is 320 g/mol. The average molecular weight is 342 g/mol. The number of para-hydroxylation sites is 2. The van der Waals surface area contributed by atoms with Crippen LogP contribution in [0.15, 0.2) is 42.5 Å². The first kappa shape index (κ1) is 17.3. The predicted octanol–water partition coefficient (Wildman–Crippen LogP) is 2.00. The van der Waals surface area contributed by atoms with E-state index in [1.165, 1.54) is 0 Å². The minimum Gasteiger partial charge on any atom is -0.493 e. The summed E-state index contributed by atoms with van der Waals surface area (Å²) in [5, 5.41) is 19.1. The lowest BCUT2D eigenvalue weighted by molar-refractivity contribution is 0.0815. The van der Waals surface area contributed by atoms with Crippen molar-refractivity contribution < 1.29 is 19.7 Å². The van der Waals surface area contributed by atoms with E-state index in [9.17, 15) is 10.2 Å². The van der Waals surface area contributed by atoms with Gasteiger partial charge in [-0.3, -0.25) is 0 Å². The second-order valence-corrected chi connectivity index (χ2v) is 5.83. The third-order valence-corrected chi connectivity index (χ3v) is 4.15. The first-order valence-corrected chi connectivity index (χ1v) is 8.10. The van der Waals surface area contributed by atoms with Crippen LogP contribution in [0.4, 0.5) is 0 Å². The highest BCUT2D eigenvalue weighted by Gasteiger charge is 2.15. The fourth-order valence-corrected chi connectivity index (χ4v) is 2.91. The van der Waals surface area contributed by atoms with Crippen molar-refractivity contribution in [3.63, 3.8) is 0 Å². The Hall–Kier alpha value is -2.57. The van der Waals surface area contributed by atoms with Gasteiger partial charge in [0.1, 0.15) is 5.82 Å². The van der Waals surface area contributed by atoms with Gasteiger partial charge in [0.2, 0.25) is 0 Å². The van der Waals surface area contributed by atoms with Crippen LogP contribution in [0, 0.1) is 0 Å². The maximum absolute atomic E-state index is 9.90. The summed E-state index contributed by atoms with van der Waals surface area (Å²) in [6.45, 7) is 0.00193. The number of aliphatic hydroxyl groups is 2. The number of hydrogen-bond acceptors (Lipinski definition) is 5. The lowest BCUT2D eigenvalue weighted by atomic mass is 10.1. The Morgan fingerprint density at radius 3 is 2.56 bits per heavy atom. The largest absolute Gasteiger partial charge is 0.493 e. The molecule has 2 N–H and O–H groups in total. The van der Waals surface area contributed by atoms with E-state index in [0.29, 0.717) is 24.5 Å². The minimum absolute atomic E-state index is 0.289. The molecule has 1 aromatic heterocycles. The normalized spacial score (nSPS) is 12.3. The van der Waals surface area contributed by atoms with Crippen LogP contribution in [0.1, 0.15) is 11.4 Å². The van der Waals surface area contributed by atoms with Crippen molar-refractivity contribution in [3.05, 3.63) is 53.9 Å². The van der Waals surface area contributed by atoms with Crippen LogP contribution in [0.25, 0.3) is 11.0 Å². The summed E-state index contributed by atoms with van der Waals surface area (Å²) in [6.07, 6.45) is -0.255. The monoisotopic (exact) mass is 342 g/mol. The standard InChI is InChI=1S/C19H22N2O4/c1-24-17-8-7-13(9-18(17)25-2)10-19-20-15-5-3-4-6-16(15)21(19)11-14(23)12-22/h3-9,14,22-23H,10-12H2,1-2H3/t14-/m1/s1. The molecule has 3 aromatic rings. The first-order chi connectivity index (χ1) is 12.2. The van der Waals surface area contributed by atoms with Gasteiger partial charge in [-0.15, -0.1) is 0 Å². The molecule has 1 atom stereocenters. The lowest BCUT2D eigenvalue weighted by Gasteiger charge is -2.13. The quantitative estimate of drug-likeness (QED) is 0.687. The van der Waals surface area contributed by atoms with E-state index < -0.39 is 6.10 Å². The van der Waals surface area contributed by atoms with Crippen LogP contribution < -0.4 is 9.47 Å². The van der Waals surface area contributed by atoms with Gasteiger partial charge in [-0.05, 0) is 29.8 Å². The van der Waals surface area contributed by atoms with Crippen LogP contribution in [-0.2, 0) is 13.0 Å². The van der Waals surface area contributed by atoms with Gasteiger partial charge in [0.25, 0.3) is 0 Å². The Morgan fingerprint density at radius 1 is 1.08 bits per heavy atom. The molecular formula is C19H22N2O4. The number of aliphatic hydroxyl groups excluding tert-OH is 2. The molecule has 2 aromatic carbocycles. The molecule has 132 valence electrons. The Balaban J connectivity index is 1.99. The van der Waals surface area contributed by atoms with Gasteiger partial charge >= 0.3 is 0 Å². The molecule has 0 amide bonds. The summed E-state index contributed by atoms with van der Waals surface area (Å²) in [7, 11) is 3.21. The van der Waals surface area contributed by atoms with Crippen molar-refractivity contribution in [3.8, 4) is 11.5 Å². The summed E-state index contributed by atoms with van der Waals surface area (Å²) in [5.74, 6) is 2.16. The number of rotatable bonds is 7. The number of fused-ring (bicyclic) bond motifs is 1. The predicted molar refractivity (Wildman–Crippen MR) is 95.2 cm³/mol. The second-order valence-electron chi connectivity index (χ2n) is 5.83. The van der Waals surface area contributed by atoms with Gasteiger partial charge in [0.15, 0.2) is 11.5 Å². The zero-order chi connectivity index (χ0) is 17.8. The van der Waals surface area contributed by atoms with Crippen molar-refractivity contribution in [2.45, 2.75) is 19.1 Å². The first-order valence-electron chi connectivity index (χ1n) is 8.10. The Morgan fingerprint density at radius 2 is 1.84 bits per heavy atom. The molecule has 25 heavy (non-hydrogen) atoms. The highest BCUT2D eigenvalue weighted by molar-refractivity contribution is 5.76. The summed E-state index contributed by atoms with van der Waals surface area (Å²) >= 11 is 0. The molecule has 6 heteroatoms. The van der Waals surface area contributed by atoms with Crippen molar-refractivity contribution in [1.82, 2.24) is 9.55 Å². The van der Waals surface area contributed by atoms with Crippen molar-refractivity contribution in [2.24, 2.45) is 0 Å². The topological polar surface area (TPSA) is 76.7 Å². The molecule has 0 saturated heterocycles. The number of ether oxygens (including phenoxy) is 2. The SMILES string of the molecule is COc1ccc(Cc2nc3ccccc3n2C[C@@H](O)CO)cc1OC. The van der Waals surface area contributed by atoms with Crippen LogP contribution in [-0.4, -0.2) is 46.7 Å². The summed E-state index contributed by atoms with van der Waals surface area (Å²) in [5.41, 5.74) is 2.82. The van der Waals surface area contributed by atoms with Gasteiger partial charge < -0.3 is 24.3 Å². The van der Waals surface area contributed by atoms with Crippen molar-refractivity contribution >= 4 is 11.0 Å². The molecule has 0 spiro atoms. The van der Waals surface area contributed by atoms with Gasteiger partial charge in [-0.25, -0.2) is 4.98 Å². The van der Waals surface area contributed by atoms with Gasteiger partial charge in [0.05, 0.1) is 44.5 Å². The van der Waals surface area contributed by atoms with E-state index >= 15 is 0 Å². The highest BCUT2D eigenvalue weighted by atomic mass is 16.5. The fraction of sp³-hybridized carbons (Fsp3) is 0.316. The fourth-order valence-electron chi connectivity index (χ4n) is 2.91. The number of methoxy groups -OCH3 is 2. The molecule has 0 aliphatic carbocycles. The molecule has 0 radical (unpaired) electrons. The Kier molecular flexibility index (Phi) is 5.21. The second kappa shape index (κ2) is 7.55. The zero-order valence-electron chi connectivity index (χ0n) is 14.3. The minimum atomic E-state index is -0.832. The Bertz CT molecular complexity index is 860. The van der Waals surface area contributed by atoms with E-state index in [1.807, 2.05) is 47.0 Å². The van der Waals surface area contributed by atoms with E-state index in [-0.39, 0.29) is 6.61 Å². The van der Waals surface area contributed by atoms with Gasteiger partial charge in [-0.1, -0.05) is 18.2 Å². The average Bonchev–Trinajstić information content (AvgIpc) is 2.98. The van der Waals surface area contributed by atoms with E-state index in [4.69, 9.17) is 14.5 Å². The number of nitrogens with zero attached hydrogens (tertiary/aromatic N) is 2. The number of hydrogen-bond donors (Lipinski definition) is 2. The molecule has 3 rings (SSSR count). The van der Waals surface area contributed by atoms with E-state index in [2.05, 4.69) is 0 Å². The molecule has 0 aliphatic rings. The van der Waals surface area contributed by atoms with Crippen LogP contribution >= 0.6 is 0 Å². The smallest absolute Gasteiger partial charge is 0.161 e. The molecule has 0 fully saturated rings. The van der Waals surface area contributed by atoms with Crippen LogP contribution in [0.3, 0.4) is 0 Å². The third-order valence-electron chi connectivity index (χ3n) is 4.15. The van der Waals surface area contributed by atoms with Crippen LogP contribution in [0.2, 0.25) is 0 Å². The number of imidazole rings is 1. The number of benzene rings is 2. The third kappa shape index (κ3) is 3.60. The van der Waals surface area contributed by atoms with Gasteiger partial charge in [-0.2, -0.15) is 0 Å². The molecule has 0 unspecified atom stereocenters. The van der Waals surface area contributed by atoms with E-state index in [0.717, 1.165) is 22.4 Å². The zero-order valence-corrected chi connectivity index (χ0v) is 14.3. The molecule has 1 heterocycles. The Labute approximate surface area is 146 Å². The molecule has 0 aliphatic heterocycles. The maximum atomic E-state index is 9.90. The molecule has 0 bridgehead atoms. The molecule has 0 saturated carbocycles. The summed E-state index contributed by atoms with van der Waals surface area (Å²) in [6, 6.07) is 13.5. The highest BCUT2D eigenvalue weighted by Crippen LogP contribution is 2.29. The van der Waals surface area contributed by atoms with Gasteiger partial charge in [0, 0.05) is 6.42 Å².